The number of carbonyl (C=O) groups is 2. The maximum absolute atomic E-state index is 14.4. The van der Waals surface area contributed by atoms with E-state index in [1.54, 1.807) is 23.1 Å². The van der Waals surface area contributed by atoms with E-state index in [9.17, 15) is 14.0 Å². The third kappa shape index (κ3) is 5.65. The molecule has 0 aliphatic carbocycles. The SMILES string of the molecule is Cc1ccccc1-n1nc(C(C)(C)C)c2c1N(CC(=O)NCc1ccncc1)C(=O)CSC2c1cccc(F)c1. The molecule has 0 spiro atoms. The van der Waals surface area contributed by atoms with Crippen molar-refractivity contribution in [3.63, 3.8) is 0 Å². The van der Waals surface area contributed by atoms with E-state index < -0.39 is 5.41 Å². The number of nitrogens with zero attached hydrogens (tertiary/aromatic N) is 4. The minimum absolute atomic E-state index is 0.130. The second-order valence-corrected chi connectivity index (χ2v) is 12.0. The van der Waals surface area contributed by atoms with Crippen molar-refractivity contribution < 1.29 is 14.0 Å². The first-order chi connectivity index (χ1) is 19.1. The van der Waals surface area contributed by atoms with E-state index >= 15 is 0 Å². The predicted octanol–water partition coefficient (Wildman–Crippen LogP) is 5.50. The van der Waals surface area contributed by atoms with Gasteiger partial charge in [-0.15, -0.1) is 11.8 Å². The number of carbonyl (C=O) groups excluding carboxylic acids is 2. The monoisotopic (exact) mass is 557 g/mol. The van der Waals surface area contributed by atoms with Crippen molar-refractivity contribution in [2.45, 2.75) is 44.9 Å². The Balaban J connectivity index is 1.67. The van der Waals surface area contributed by atoms with Crippen LogP contribution in [-0.4, -0.2) is 38.9 Å². The van der Waals surface area contributed by atoms with Crippen LogP contribution in [0, 0.1) is 12.7 Å². The lowest BCUT2D eigenvalue weighted by atomic mass is 9.87. The van der Waals surface area contributed by atoms with Crippen LogP contribution in [0.1, 0.15) is 54.0 Å². The molecule has 7 nitrogen and oxygen atoms in total. The average molecular weight is 558 g/mol. The molecule has 5 rings (SSSR count). The maximum atomic E-state index is 14.4. The molecule has 0 saturated carbocycles. The van der Waals surface area contributed by atoms with Crippen LogP contribution in [0.2, 0.25) is 0 Å². The van der Waals surface area contributed by atoms with Crippen LogP contribution in [-0.2, 0) is 21.5 Å². The number of para-hydroxylation sites is 1. The fourth-order valence-corrected chi connectivity index (χ4v) is 6.06. The minimum atomic E-state index is -0.396. The summed E-state index contributed by atoms with van der Waals surface area (Å²) in [6.07, 6.45) is 3.34. The molecule has 1 N–H and O–H groups in total. The van der Waals surface area contributed by atoms with Gasteiger partial charge in [-0.1, -0.05) is 51.1 Å². The van der Waals surface area contributed by atoms with Gasteiger partial charge in [-0.2, -0.15) is 5.10 Å². The second-order valence-electron chi connectivity index (χ2n) is 10.9. The lowest BCUT2D eigenvalue weighted by molar-refractivity contribution is -0.123. The third-order valence-electron chi connectivity index (χ3n) is 6.84. The summed E-state index contributed by atoms with van der Waals surface area (Å²) in [7, 11) is 0. The summed E-state index contributed by atoms with van der Waals surface area (Å²) in [5.74, 6) is -0.168. The topological polar surface area (TPSA) is 80.1 Å². The highest BCUT2D eigenvalue weighted by atomic mass is 32.2. The zero-order chi connectivity index (χ0) is 28.4. The normalized spacial score (nSPS) is 15.5. The number of fused-ring (bicyclic) bond motifs is 1. The molecule has 2 amide bonds. The van der Waals surface area contributed by atoms with Gasteiger partial charge >= 0.3 is 0 Å². The van der Waals surface area contributed by atoms with Gasteiger partial charge in [-0.05, 0) is 53.9 Å². The number of aromatic nitrogens is 3. The van der Waals surface area contributed by atoms with Gasteiger partial charge in [0.05, 0.1) is 22.4 Å². The Morgan fingerprint density at radius 3 is 2.55 bits per heavy atom. The van der Waals surface area contributed by atoms with Crippen LogP contribution in [0.4, 0.5) is 10.2 Å². The van der Waals surface area contributed by atoms with Crippen molar-refractivity contribution in [2.24, 2.45) is 0 Å². The summed E-state index contributed by atoms with van der Waals surface area (Å²) in [4.78, 5) is 32.6. The Morgan fingerprint density at radius 2 is 1.85 bits per heavy atom. The molecule has 3 heterocycles. The summed E-state index contributed by atoms with van der Waals surface area (Å²) < 4.78 is 16.2. The number of halogens is 1. The van der Waals surface area contributed by atoms with E-state index in [-0.39, 0.29) is 35.2 Å². The fourth-order valence-electron chi connectivity index (χ4n) is 4.88. The van der Waals surface area contributed by atoms with Crippen molar-refractivity contribution >= 4 is 29.4 Å². The highest BCUT2D eigenvalue weighted by Crippen LogP contribution is 2.48. The first-order valence-electron chi connectivity index (χ1n) is 13.2. The van der Waals surface area contributed by atoms with Gasteiger partial charge in [0.2, 0.25) is 11.8 Å². The molecule has 1 atom stereocenters. The van der Waals surface area contributed by atoms with Gasteiger partial charge in [-0.25, -0.2) is 9.07 Å². The van der Waals surface area contributed by atoms with Crippen molar-refractivity contribution in [3.05, 3.63) is 107 Å². The van der Waals surface area contributed by atoms with Gasteiger partial charge < -0.3 is 5.32 Å². The highest BCUT2D eigenvalue weighted by Gasteiger charge is 2.40. The van der Waals surface area contributed by atoms with E-state index in [2.05, 4.69) is 31.1 Å². The molecule has 1 aliphatic rings. The summed E-state index contributed by atoms with van der Waals surface area (Å²) in [6.45, 7) is 8.36. The molecule has 2 aromatic carbocycles. The predicted molar refractivity (Wildman–Crippen MR) is 156 cm³/mol. The molecule has 2 aromatic heterocycles. The van der Waals surface area contributed by atoms with Crippen LogP contribution in [0.3, 0.4) is 0 Å². The van der Waals surface area contributed by atoms with Crippen molar-refractivity contribution in [1.82, 2.24) is 20.1 Å². The molecule has 0 radical (unpaired) electrons. The van der Waals surface area contributed by atoms with Gasteiger partial charge in [-0.3, -0.25) is 19.5 Å². The molecule has 0 saturated heterocycles. The molecular weight excluding hydrogens is 525 g/mol. The number of thioether (sulfide) groups is 1. The molecule has 4 aromatic rings. The lowest BCUT2D eigenvalue weighted by Gasteiger charge is -2.25. The van der Waals surface area contributed by atoms with Gasteiger partial charge in [0.1, 0.15) is 18.2 Å². The second kappa shape index (κ2) is 11.3. The molecule has 1 aliphatic heterocycles. The van der Waals surface area contributed by atoms with E-state index in [0.29, 0.717) is 12.4 Å². The Labute approximate surface area is 237 Å². The molecule has 9 heteroatoms. The Kier molecular flexibility index (Phi) is 7.76. The maximum Gasteiger partial charge on any atom is 0.240 e. The zero-order valence-corrected chi connectivity index (χ0v) is 23.8. The fraction of sp³-hybridized carbons (Fsp3) is 0.290. The average Bonchev–Trinajstić information content (AvgIpc) is 3.26. The minimum Gasteiger partial charge on any atom is -0.350 e. The lowest BCUT2D eigenvalue weighted by Crippen LogP contribution is -2.42. The van der Waals surface area contributed by atoms with Crippen LogP contribution >= 0.6 is 11.8 Å². The molecule has 0 fully saturated rings. The van der Waals surface area contributed by atoms with E-state index in [4.69, 9.17) is 5.10 Å². The number of aryl methyl sites for hydroxylation is 1. The molecule has 0 bridgehead atoms. The van der Waals surface area contributed by atoms with Crippen LogP contribution in [0.5, 0.6) is 0 Å². The summed E-state index contributed by atoms with van der Waals surface area (Å²) in [6, 6.07) is 18.0. The number of amides is 2. The van der Waals surface area contributed by atoms with E-state index in [0.717, 1.165) is 33.6 Å². The third-order valence-corrected chi connectivity index (χ3v) is 8.09. The number of rotatable bonds is 6. The number of hydrogen-bond donors (Lipinski definition) is 1. The number of pyridine rings is 1. The summed E-state index contributed by atoms with van der Waals surface area (Å²) in [5, 5.41) is 7.67. The smallest absolute Gasteiger partial charge is 0.240 e. The number of hydrogen-bond acceptors (Lipinski definition) is 5. The molecule has 40 heavy (non-hydrogen) atoms. The Bertz CT molecular complexity index is 1550. The molecule has 206 valence electrons. The Hall–Kier alpha value is -3.98. The van der Waals surface area contributed by atoms with Crippen molar-refractivity contribution in [2.75, 3.05) is 17.2 Å². The number of anilines is 1. The number of nitrogens with one attached hydrogen (secondary N) is 1. The zero-order valence-electron chi connectivity index (χ0n) is 23.0. The van der Waals surface area contributed by atoms with Gasteiger partial charge in [0, 0.05) is 29.9 Å². The summed E-state index contributed by atoms with van der Waals surface area (Å²) in [5.41, 5.74) is 4.66. The largest absolute Gasteiger partial charge is 0.350 e. The van der Waals surface area contributed by atoms with Crippen LogP contribution in [0.15, 0.2) is 73.1 Å². The Morgan fingerprint density at radius 1 is 1.10 bits per heavy atom. The van der Waals surface area contributed by atoms with Gasteiger partial charge in [0.25, 0.3) is 0 Å². The highest BCUT2D eigenvalue weighted by molar-refractivity contribution is 8.00. The van der Waals surface area contributed by atoms with Gasteiger partial charge in [0.15, 0.2) is 0 Å². The van der Waals surface area contributed by atoms with Crippen LogP contribution < -0.4 is 10.2 Å². The molecular formula is C31H32FN5O2S. The van der Waals surface area contributed by atoms with E-state index in [1.807, 2.05) is 49.4 Å². The first-order valence-corrected chi connectivity index (χ1v) is 14.2. The summed E-state index contributed by atoms with van der Waals surface area (Å²) >= 11 is 1.43. The quantitative estimate of drug-likeness (QED) is 0.339. The van der Waals surface area contributed by atoms with E-state index in [1.165, 1.54) is 28.8 Å². The number of benzene rings is 2. The van der Waals surface area contributed by atoms with Crippen LogP contribution in [0.25, 0.3) is 5.69 Å². The molecule has 1 unspecified atom stereocenters. The van der Waals surface area contributed by atoms with Crippen molar-refractivity contribution in [1.29, 1.82) is 0 Å². The standard InChI is InChI=1S/C31H32FN5O2S/c1-20-8-5-6-11-24(20)37-30-27(29(35-37)31(2,3)4)28(22-9-7-10-23(32)16-22)40-19-26(39)36(30)18-25(38)34-17-21-12-14-33-15-13-21/h5-16,28H,17-19H2,1-4H3,(H,34,38). The first kappa shape index (κ1) is 27.6. The van der Waals surface area contributed by atoms with Crippen molar-refractivity contribution in [3.8, 4) is 5.69 Å².